The van der Waals surface area contributed by atoms with Crippen molar-refractivity contribution in [3.63, 3.8) is 0 Å². The first-order valence-electron chi connectivity index (χ1n) is 12.9. The molecule has 0 spiro atoms. The van der Waals surface area contributed by atoms with Gasteiger partial charge in [-0.15, -0.1) is 0 Å². The molecular weight excluding hydrogens is 482 g/mol. The fourth-order valence-corrected chi connectivity index (χ4v) is 4.70. The topological polar surface area (TPSA) is 106 Å². The van der Waals surface area contributed by atoms with E-state index >= 15 is 0 Å². The molecule has 1 amide bonds. The number of carbonyl (C=O) groups is 1. The Morgan fingerprint density at radius 3 is 2.71 bits per heavy atom. The van der Waals surface area contributed by atoms with Gasteiger partial charge in [0.15, 0.2) is 5.75 Å². The minimum Gasteiger partial charge on any atom is -0.494 e. The zero-order valence-corrected chi connectivity index (χ0v) is 22.0. The lowest BCUT2D eigenvalue weighted by atomic mass is 10.1. The SMILES string of the molecule is CCCn1cc(-c2ccc3cnc(Nc4cc(CN5CCOCC5)cc(NC(C)=O)c4)nc3c2OC)cn1. The summed E-state index contributed by atoms with van der Waals surface area (Å²) < 4.78 is 13.2. The van der Waals surface area contributed by atoms with Crippen LogP contribution in [0.5, 0.6) is 5.75 Å². The number of hydrogen-bond donors (Lipinski definition) is 2. The van der Waals surface area contributed by atoms with Crippen LogP contribution < -0.4 is 15.4 Å². The first-order chi connectivity index (χ1) is 18.5. The number of morpholine rings is 1. The maximum Gasteiger partial charge on any atom is 0.227 e. The van der Waals surface area contributed by atoms with Gasteiger partial charge in [-0.3, -0.25) is 14.4 Å². The van der Waals surface area contributed by atoms with E-state index in [9.17, 15) is 4.79 Å². The molecule has 0 atom stereocenters. The van der Waals surface area contributed by atoms with Gasteiger partial charge in [0.2, 0.25) is 11.9 Å². The highest BCUT2D eigenvalue weighted by molar-refractivity contribution is 5.93. The molecule has 2 aromatic carbocycles. The largest absolute Gasteiger partial charge is 0.494 e. The molecule has 5 rings (SSSR count). The van der Waals surface area contributed by atoms with Crippen LogP contribution in [-0.4, -0.2) is 64.0 Å². The Bertz CT molecular complexity index is 1430. The number of methoxy groups -OCH3 is 1. The first kappa shape index (κ1) is 25.6. The van der Waals surface area contributed by atoms with Crippen LogP contribution in [0.25, 0.3) is 22.0 Å². The van der Waals surface area contributed by atoms with E-state index in [1.54, 1.807) is 13.3 Å². The minimum atomic E-state index is -0.124. The van der Waals surface area contributed by atoms with Gasteiger partial charge in [0, 0.05) is 73.4 Å². The monoisotopic (exact) mass is 515 g/mol. The van der Waals surface area contributed by atoms with Crippen molar-refractivity contribution in [2.45, 2.75) is 33.4 Å². The fraction of sp³-hybridized carbons (Fsp3) is 0.357. The number of amides is 1. The van der Waals surface area contributed by atoms with E-state index in [0.29, 0.717) is 17.2 Å². The lowest BCUT2D eigenvalue weighted by Gasteiger charge is -2.27. The van der Waals surface area contributed by atoms with Crippen molar-refractivity contribution in [2.75, 3.05) is 44.0 Å². The molecule has 198 valence electrons. The normalized spacial score (nSPS) is 14.0. The molecule has 0 aliphatic carbocycles. The van der Waals surface area contributed by atoms with E-state index in [4.69, 9.17) is 14.5 Å². The summed E-state index contributed by atoms with van der Waals surface area (Å²) in [7, 11) is 1.65. The Labute approximate surface area is 222 Å². The predicted octanol–water partition coefficient (Wildman–Crippen LogP) is 4.45. The summed E-state index contributed by atoms with van der Waals surface area (Å²) in [6.45, 7) is 8.45. The molecule has 3 heterocycles. The van der Waals surface area contributed by atoms with Crippen molar-refractivity contribution in [1.82, 2.24) is 24.6 Å². The summed E-state index contributed by atoms with van der Waals surface area (Å²) in [6, 6.07) is 9.95. The average molecular weight is 516 g/mol. The standard InChI is InChI=1S/C28H33N7O3/c1-4-7-35-18-22(16-30-35)25-6-5-21-15-29-28(33-26(21)27(25)37-3)32-24-13-20(12-23(14-24)31-19(2)36)17-34-8-10-38-11-9-34/h5-6,12-16,18H,4,7-11,17H2,1-3H3,(H,31,36)(H,29,32,33). The van der Waals surface area contributed by atoms with Crippen molar-refractivity contribution < 1.29 is 14.3 Å². The molecule has 10 heteroatoms. The Hall–Kier alpha value is -4.02. The number of aromatic nitrogens is 4. The number of nitrogens with one attached hydrogen (secondary N) is 2. The number of carbonyl (C=O) groups excluding carboxylic acids is 1. The van der Waals surface area contributed by atoms with E-state index in [0.717, 1.165) is 79.3 Å². The molecular formula is C28H33N7O3. The van der Waals surface area contributed by atoms with E-state index in [-0.39, 0.29) is 5.91 Å². The number of ether oxygens (including phenoxy) is 2. The quantitative estimate of drug-likeness (QED) is 0.337. The molecule has 10 nitrogen and oxygen atoms in total. The summed E-state index contributed by atoms with van der Waals surface area (Å²) in [4.78, 5) is 23.5. The van der Waals surface area contributed by atoms with Crippen molar-refractivity contribution in [3.05, 3.63) is 54.5 Å². The molecule has 0 bridgehead atoms. The van der Waals surface area contributed by atoms with Gasteiger partial charge in [0.25, 0.3) is 0 Å². The molecule has 2 aromatic heterocycles. The number of aryl methyl sites for hydroxylation is 1. The minimum absolute atomic E-state index is 0.124. The molecule has 1 fully saturated rings. The molecule has 0 unspecified atom stereocenters. The summed E-state index contributed by atoms with van der Waals surface area (Å²) in [5.74, 6) is 0.983. The third-order valence-electron chi connectivity index (χ3n) is 6.39. The Morgan fingerprint density at radius 1 is 1.13 bits per heavy atom. The van der Waals surface area contributed by atoms with E-state index in [1.807, 2.05) is 41.3 Å². The highest BCUT2D eigenvalue weighted by Crippen LogP contribution is 2.36. The maximum atomic E-state index is 11.8. The zero-order chi connectivity index (χ0) is 26.5. The van der Waals surface area contributed by atoms with Crippen LogP contribution in [0.2, 0.25) is 0 Å². The second-order valence-electron chi connectivity index (χ2n) is 9.38. The van der Waals surface area contributed by atoms with Gasteiger partial charge < -0.3 is 20.1 Å². The Balaban J connectivity index is 1.47. The summed E-state index contributed by atoms with van der Waals surface area (Å²) in [6.07, 6.45) is 6.67. The van der Waals surface area contributed by atoms with Crippen molar-refractivity contribution >= 4 is 34.1 Å². The molecule has 4 aromatic rings. The maximum absolute atomic E-state index is 11.8. The van der Waals surface area contributed by atoms with Gasteiger partial charge in [0.05, 0.1) is 26.5 Å². The van der Waals surface area contributed by atoms with Gasteiger partial charge >= 0.3 is 0 Å². The summed E-state index contributed by atoms with van der Waals surface area (Å²) in [5, 5.41) is 11.6. The second-order valence-corrected chi connectivity index (χ2v) is 9.38. The van der Waals surface area contributed by atoms with Crippen LogP contribution in [0.1, 0.15) is 25.8 Å². The van der Waals surface area contributed by atoms with Crippen LogP contribution in [0, 0.1) is 0 Å². The first-order valence-corrected chi connectivity index (χ1v) is 12.9. The highest BCUT2D eigenvalue weighted by Gasteiger charge is 2.16. The molecule has 1 aliphatic heterocycles. The third-order valence-corrected chi connectivity index (χ3v) is 6.39. The van der Waals surface area contributed by atoms with Crippen molar-refractivity contribution in [2.24, 2.45) is 0 Å². The van der Waals surface area contributed by atoms with Crippen LogP contribution in [0.15, 0.2) is 48.9 Å². The number of fused-ring (bicyclic) bond motifs is 1. The number of rotatable bonds is 9. The van der Waals surface area contributed by atoms with Gasteiger partial charge in [-0.2, -0.15) is 5.10 Å². The predicted molar refractivity (Wildman–Crippen MR) is 148 cm³/mol. The summed E-state index contributed by atoms with van der Waals surface area (Å²) >= 11 is 0. The number of hydrogen-bond acceptors (Lipinski definition) is 8. The Kier molecular flexibility index (Phi) is 7.81. The Morgan fingerprint density at radius 2 is 1.95 bits per heavy atom. The zero-order valence-electron chi connectivity index (χ0n) is 22.0. The fourth-order valence-electron chi connectivity index (χ4n) is 4.70. The molecule has 2 N–H and O–H groups in total. The smallest absolute Gasteiger partial charge is 0.227 e. The van der Waals surface area contributed by atoms with E-state index in [2.05, 4.69) is 38.6 Å². The van der Waals surface area contributed by atoms with Crippen LogP contribution in [-0.2, 0) is 22.6 Å². The highest BCUT2D eigenvalue weighted by atomic mass is 16.5. The second kappa shape index (κ2) is 11.6. The lowest BCUT2D eigenvalue weighted by molar-refractivity contribution is -0.114. The van der Waals surface area contributed by atoms with Crippen molar-refractivity contribution in [3.8, 4) is 16.9 Å². The molecule has 1 aliphatic rings. The molecule has 38 heavy (non-hydrogen) atoms. The van der Waals surface area contributed by atoms with Crippen molar-refractivity contribution in [1.29, 1.82) is 0 Å². The molecule has 0 radical (unpaired) electrons. The average Bonchev–Trinajstić information content (AvgIpc) is 3.36. The third kappa shape index (κ3) is 5.92. The lowest BCUT2D eigenvalue weighted by Crippen LogP contribution is -2.35. The van der Waals surface area contributed by atoms with Crippen LogP contribution in [0.4, 0.5) is 17.3 Å². The van der Waals surface area contributed by atoms with Gasteiger partial charge in [-0.1, -0.05) is 13.0 Å². The molecule has 1 saturated heterocycles. The summed E-state index contributed by atoms with van der Waals surface area (Å²) in [5.41, 5.74) is 5.18. The number of nitrogens with zero attached hydrogens (tertiary/aromatic N) is 5. The van der Waals surface area contributed by atoms with E-state index in [1.165, 1.54) is 6.92 Å². The van der Waals surface area contributed by atoms with Crippen LogP contribution in [0.3, 0.4) is 0 Å². The van der Waals surface area contributed by atoms with Crippen LogP contribution >= 0.6 is 0 Å². The molecule has 0 saturated carbocycles. The van der Waals surface area contributed by atoms with Gasteiger partial charge in [0.1, 0.15) is 5.52 Å². The van der Waals surface area contributed by atoms with Gasteiger partial charge in [-0.05, 0) is 36.2 Å². The number of anilines is 3. The number of benzene rings is 2. The van der Waals surface area contributed by atoms with Gasteiger partial charge in [-0.25, -0.2) is 9.97 Å². The van der Waals surface area contributed by atoms with E-state index < -0.39 is 0 Å².